The summed E-state index contributed by atoms with van der Waals surface area (Å²) in [6.07, 6.45) is -10.8. The lowest BCUT2D eigenvalue weighted by Gasteiger charge is -2.38. The van der Waals surface area contributed by atoms with Gasteiger partial charge in [-0.15, -0.1) is 0 Å². The number of alkyl halides is 6. The summed E-state index contributed by atoms with van der Waals surface area (Å²) in [5, 5.41) is 0. The SMILES string of the molecule is CCCCN(C(=O)c1ccccc1I)c1ccc(C(OCc2ccccc2)(C(F)(F)F)C(F)(F)F)c(OC)c1OC. The van der Waals surface area contributed by atoms with E-state index in [0.717, 1.165) is 20.3 Å². The van der Waals surface area contributed by atoms with Gasteiger partial charge in [-0.05, 0) is 58.8 Å². The normalized spacial score (nSPS) is 12.2. The van der Waals surface area contributed by atoms with Crippen molar-refractivity contribution in [3.63, 3.8) is 0 Å². The predicted octanol–water partition coefficient (Wildman–Crippen LogP) is 8.29. The minimum absolute atomic E-state index is 0.0486. The van der Waals surface area contributed by atoms with Crippen LogP contribution >= 0.6 is 22.6 Å². The summed E-state index contributed by atoms with van der Waals surface area (Å²) in [5.74, 6) is -1.83. The molecule has 222 valence electrons. The summed E-state index contributed by atoms with van der Waals surface area (Å²) in [6, 6.07) is 15.5. The van der Waals surface area contributed by atoms with Crippen LogP contribution in [-0.2, 0) is 16.9 Å². The van der Waals surface area contributed by atoms with E-state index in [1.54, 1.807) is 30.3 Å². The molecule has 0 aliphatic rings. The maximum Gasteiger partial charge on any atom is 0.431 e. The quantitative estimate of drug-likeness (QED) is 0.150. The lowest BCUT2D eigenvalue weighted by atomic mass is 9.89. The predicted molar refractivity (Wildman–Crippen MR) is 150 cm³/mol. The third kappa shape index (κ3) is 6.58. The maximum atomic E-state index is 14.6. The second-order valence-electron chi connectivity index (χ2n) is 8.94. The summed E-state index contributed by atoms with van der Waals surface area (Å²) in [6.45, 7) is 0.995. The zero-order valence-corrected chi connectivity index (χ0v) is 24.6. The van der Waals surface area contributed by atoms with Crippen LogP contribution in [-0.4, -0.2) is 39.0 Å². The van der Waals surface area contributed by atoms with Crippen LogP contribution in [0.1, 0.15) is 41.3 Å². The number of unbranched alkanes of at least 4 members (excludes halogenated alkanes) is 1. The average molecular weight is 695 g/mol. The summed E-state index contributed by atoms with van der Waals surface area (Å²) in [7, 11) is 2.01. The third-order valence-corrected chi connectivity index (χ3v) is 7.29. The lowest BCUT2D eigenvalue weighted by Crippen LogP contribution is -2.56. The van der Waals surface area contributed by atoms with Crippen LogP contribution in [0.5, 0.6) is 11.5 Å². The van der Waals surface area contributed by atoms with Gasteiger partial charge in [-0.3, -0.25) is 4.79 Å². The van der Waals surface area contributed by atoms with Crippen LogP contribution in [0, 0.1) is 3.57 Å². The number of rotatable bonds is 11. The van der Waals surface area contributed by atoms with Gasteiger partial charge in [0.15, 0.2) is 11.5 Å². The number of ether oxygens (including phenoxy) is 3. The molecule has 3 rings (SSSR count). The standard InChI is InChI=1S/C29H28F6INO4/c1-4-5-17-37(26(38)20-13-9-10-14-22(20)36)23-16-15-21(24(39-2)25(23)40-3)27(28(30,31)32,29(33,34)35)41-18-19-11-7-6-8-12-19/h6-16H,4-5,17-18H2,1-3H3. The molecule has 0 aliphatic heterocycles. The molecule has 0 spiro atoms. The van der Waals surface area contributed by atoms with Crippen molar-refractivity contribution in [1.82, 2.24) is 0 Å². The molecule has 0 bridgehead atoms. The molecule has 0 unspecified atom stereocenters. The van der Waals surface area contributed by atoms with E-state index in [-0.39, 0.29) is 17.8 Å². The summed E-state index contributed by atoms with van der Waals surface area (Å²) in [4.78, 5) is 14.9. The fraction of sp³-hybridized carbons (Fsp3) is 0.345. The van der Waals surface area contributed by atoms with Crippen LogP contribution < -0.4 is 14.4 Å². The molecule has 12 heteroatoms. The van der Waals surface area contributed by atoms with E-state index in [4.69, 9.17) is 14.2 Å². The number of halogens is 7. The van der Waals surface area contributed by atoms with Gasteiger partial charge in [0.2, 0.25) is 0 Å². The highest BCUT2D eigenvalue weighted by atomic mass is 127. The molecule has 0 saturated heterocycles. The number of benzene rings is 3. The molecule has 0 radical (unpaired) electrons. The van der Waals surface area contributed by atoms with Crippen molar-refractivity contribution >= 4 is 34.2 Å². The Balaban J connectivity index is 2.28. The number of amides is 1. The third-order valence-electron chi connectivity index (χ3n) is 6.35. The fourth-order valence-corrected chi connectivity index (χ4v) is 4.96. The monoisotopic (exact) mass is 695 g/mol. The second kappa shape index (κ2) is 13.3. The van der Waals surface area contributed by atoms with E-state index in [1.165, 1.54) is 29.2 Å². The van der Waals surface area contributed by atoms with Gasteiger partial charge >= 0.3 is 12.4 Å². The highest BCUT2D eigenvalue weighted by molar-refractivity contribution is 14.1. The van der Waals surface area contributed by atoms with Crippen LogP contribution in [0.25, 0.3) is 0 Å². The molecule has 1 amide bonds. The Morgan fingerprint density at radius 3 is 1.95 bits per heavy atom. The number of anilines is 1. The molecule has 0 heterocycles. The molecule has 0 fully saturated rings. The molecule has 0 N–H and O–H groups in total. The Labute approximate surface area is 247 Å². The summed E-state index contributed by atoms with van der Waals surface area (Å²) >= 11 is 1.98. The molecule has 0 atom stereocenters. The van der Waals surface area contributed by atoms with E-state index >= 15 is 0 Å². The minimum Gasteiger partial charge on any atom is -0.492 e. The number of hydrogen-bond donors (Lipinski definition) is 0. The van der Waals surface area contributed by atoms with E-state index < -0.39 is 47.5 Å². The largest absolute Gasteiger partial charge is 0.492 e. The molecular formula is C29H28F6INO4. The van der Waals surface area contributed by atoms with Gasteiger partial charge < -0.3 is 19.1 Å². The first-order chi connectivity index (χ1) is 19.3. The minimum atomic E-state index is -5.96. The smallest absolute Gasteiger partial charge is 0.431 e. The van der Waals surface area contributed by atoms with Crippen molar-refractivity contribution in [2.24, 2.45) is 0 Å². The molecule has 0 aliphatic carbocycles. The van der Waals surface area contributed by atoms with Crippen molar-refractivity contribution in [2.45, 2.75) is 44.3 Å². The zero-order chi connectivity index (χ0) is 30.4. The number of hydrogen-bond acceptors (Lipinski definition) is 4. The van der Waals surface area contributed by atoms with Crippen molar-refractivity contribution in [2.75, 3.05) is 25.7 Å². The summed E-state index contributed by atoms with van der Waals surface area (Å²) < 4.78 is 104. The zero-order valence-electron chi connectivity index (χ0n) is 22.4. The molecule has 41 heavy (non-hydrogen) atoms. The van der Waals surface area contributed by atoms with Gasteiger partial charge in [-0.1, -0.05) is 55.8 Å². The topological polar surface area (TPSA) is 48.0 Å². The highest BCUT2D eigenvalue weighted by Crippen LogP contribution is 2.58. The first kappa shape index (κ1) is 32.5. The maximum absolute atomic E-state index is 14.6. The lowest BCUT2D eigenvalue weighted by molar-refractivity contribution is -0.393. The van der Waals surface area contributed by atoms with E-state index in [1.807, 2.05) is 29.5 Å². The van der Waals surface area contributed by atoms with Crippen LogP contribution in [0.2, 0.25) is 0 Å². The van der Waals surface area contributed by atoms with Gasteiger partial charge in [-0.2, -0.15) is 26.3 Å². The average Bonchev–Trinajstić information content (AvgIpc) is 2.92. The van der Waals surface area contributed by atoms with E-state index in [0.29, 0.717) is 28.0 Å². The Hall–Kier alpha value is -3.00. The Bertz CT molecular complexity index is 1320. The van der Waals surface area contributed by atoms with Crippen molar-refractivity contribution in [3.05, 3.63) is 87.0 Å². The van der Waals surface area contributed by atoms with Crippen molar-refractivity contribution in [3.8, 4) is 11.5 Å². The molecule has 3 aromatic carbocycles. The first-order valence-electron chi connectivity index (χ1n) is 12.5. The van der Waals surface area contributed by atoms with Crippen molar-refractivity contribution < 1.29 is 45.3 Å². The van der Waals surface area contributed by atoms with Gasteiger partial charge in [0.25, 0.3) is 11.5 Å². The molecule has 5 nitrogen and oxygen atoms in total. The molecule has 0 aromatic heterocycles. The Morgan fingerprint density at radius 1 is 0.829 bits per heavy atom. The van der Waals surface area contributed by atoms with Crippen LogP contribution in [0.3, 0.4) is 0 Å². The number of methoxy groups -OCH3 is 2. The second-order valence-corrected chi connectivity index (χ2v) is 10.1. The van der Waals surface area contributed by atoms with Crippen LogP contribution in [0.4, 0.5) is 32.0 Å². The Morgan fingerprint density at radius 2 is 1.41 bits per heavy atom. The molecular weight excluding hydrogens is 667 g/mol. The van der Waals surface area contributed by atoms with Gasteiger partial charge in [0.05, 0.1) is 32.1 Å². The summed E-state index contributed by atoms with van der Waals surface area (Å²) in [5.41, 5.74) is -5.77. The van der Waals surface area contributed by atoms with E-state index in [2.05, 4.69) is 0 Å². The molecule has 0 saturated carbocycles. The van der Waals surface area contributed by atoms with Crippen LogP contribution in [0.15, 0.2) is 66.7 Å². The number of carbonyl (C=O) groups is 1. The fourth-order valence-electron chi connectivity index (χ4n) is 4.34. The van der Waals surface area contributed by atoms with Crippen molar-refractivity contribution in [1.29, 1.82) is 0 Å². The van der Waals surface area contributed by atoms with E-state index in [9.17, 15) is 31.1 Å². The highest BCUT2D eigenvalue weighted by Gasteiger charge is 2.74. The van der Waals surface area contributed by atoms with Gasteiger partial charge in [0, 0.05) is 15.7 Å². The first-order valence-corrected chi connectivity index (χ1v) is 13.5. The molecule has 3 aromatic rings. The van der Waals surface area contributed by atoms with Gasteiger partial charge in [0.1, 0.15) is 0 Å². The van der Waals surface area contributed by atoms with Gasteiger partial charge in [-0.25, -0.2) is 0 Å². The Kier molecular flexibility index (Phi) is 10.6. The number of nitrogens with zero attached hydrogens (tertiary/aromatic N) is 1. The number of carbonyl (C=O) groups excluding carboxylic acids is 1.